The highest BCUT2D eigenvalue weighted by Gasteiger charge is 2.21. The van der Waals surface area contributed by atoms with E-state index < -0.39 is 0 Å². The van der Waals surface area contributed by atoms with Gasteiger partial charge in [-0.3, -0.25) is 0 Å². The van der Waals surface area contributed by atoms with Gasteiger partial charge in [0.2, 0.25) is 5.75 Å². The van der Waals surface area contributed by atoms with Crippen LogP contribution < -0.4 is 24.8 Å². The number of rotatable bonds is 8. The fourth-order valence-corrected chi connectivity index (χ4v) is 3.33. The maximum Gasteiger partial charge on any atom is 0.319 e. The Morgan fingerprint density at radius 1 is 1.04 bits per heavy atom. The van der Waals surface area contributed by atoms with Gasteiger partial charge in [0.1, 0.15) is 0 Å². The van der Waals surface area contributed by atoms with Gasteiger partial charge in [-0.05, 0) is 31.8 Å². The van der Waals surface area contributed by atoms with Gasteiger partial charge in [0.05, 0.1) is 27.0 Å². The molecule has 1 atom stereocenters. The zero-order chi connectivity index (χ0) is 19.8. The van der Waals surface area contributed by atoms with Crippen LogP contribution in [0.1, 0.15) is 33.1 Å². The molecule has 1 saturated heterocycles. The summed E-state index contributed by atoms with van der Waals surface area (Å²) < 4.78 is 16.0. The molecule has 7 nitrogen and oxygen atoms in total. The molecule has 0 bridgehead atoms. The number of piperidine rings is 1. The summed E-state index contributed by atoms with van der Waals surface area (Å²) in [4.78, 5) is 15.0. The first-order chi connectivity index (χ1) is 13.0. The maximum absolute atomic E-state index is 12.6. The lowest BCUT2D eigenvalue weighted by Gasteiger charge is -2.32. The van der Waals surface area contributed by atoms with E-state index in [0.29, 0.717) is 28.9 Å². The van der Waals surface area contributed by atoms with Crippen molar-refractivity contribution in [3.8, 4) is 17.2 Å². The van der Waals surface area contributed by atoms with Crippen LogP contribution in [-0.2, 0) is 0 Å². The fourth-order valence-electron chi connectivity index (χ4n) is 3.33. The number of amides is 2. The van der Waals surface area contributed by atoms with Crippen molar-refractivity contribution in [3.63, 3.8) is 0 Å². The number of nitrogens with one attached hydrogen (secondary N) is 2. The topological polar surface area (TPSA) is 72.1 Å². The van der Waals surface area contributed by atoms with Crippen molar-refractivity contribution < 1.29 is 19.0 Å². The summed E-state index contributed by atoms with van der Waals surface area (Å²) in [5.74, 6) is 1.84. The average Bonchev–Trinajstić information content (AvgIpc) is 2.67. The van der Waals surface area contributed by atoms with Crippen molar-refractivity contribution >= 4 is 11.7 Å². The van der Waals surface area contributed by atoms with Crippen LogP contribution in [0.5, 0.6) is 17.2 Å². The Labute approximate surface area is 162 Å². The largest absolute Gasteiger partial charge is 0.493 e. The predicted octanol–water partition coefficient (Wildman–Crippen LogP) is 3.34. The Bertz CT molecular complexity index is 590. The minimum absolute atomic E-state index is 0.0881. The van der Waals surface area contributed by atoms with Crippen LogP contribution >= 0.6 is 0 Å². The second-order valence-corrected chi connectivity index (χ2v) is 7.22. The van der Waals surface area contributed by atoms with Crippen molar-refractivity contribution in [2.75, 3.05) is 46.3 Å². The molecular weight excluding hydrogens is 346 g/mol. The van der Waals surface area contributed by atoms with Crippen molar-refractivity contribution in [1.82, 2.24) is 10.2 Å². The van der Waals surface area contributed by atoms with Crippen molar-refractivity contribution in [3.05, 3.63) is 12.1 Å². The first kappa shape index (κ1) is 21.2. The molecule has 1 aliphatic heterocycles. The number of urea groups is 1. The van der Waals surface area contributed by atoms with Gasteiger partial charge >= 0.3 is 6.03 Å². The summed E-state index contributed by atoms with van der Waals surface area (Å²) in [7, 11) is 4.65. The molecule has 1 heterocycles. The Balaban J connectivity index is 2.04. The zero-order valence-corrected chi connectivity index (χ0v) is 17.1. The molecule has 1 aromatic carbocycles. The Kier molecular flexibility index (Phi) is 8.03. The molecule has 2 rings (SSSR count). The number of nitrogens with zero attached hydrogens (tertiary/aromatic N) is 1. The van der Waals surface area contributed by atoms with Crippen LogP contribution in [-0.4, -0.2) is 57.9 Å². The molecule has 1 unspecified atom stereocenters. The Morgan fingerprint density at radius 3 is 2.11 bits per heavy atom. The first-order valence-electron chi connectivity index (χ1n) is 9.58. The van der Waals surface area contributed by atoms with Crippen LogP contribution in [0.25, 0.3) is 0 Å². The van der Waals surface area contributed by atoms with E-state index in [1.54, 1.807) is 33.5 Å². The number of hydrogen-bond acceptors (Lipinski definition) is 5. The van der Waals surface area contributed by atoms with Gasteiger partial charge in [-0.15, -0.1) is 0 Å². The number of ether oxygens (including phenoxy) is 3. The highest BCUT2D eigenvalue weighted by atomic mass is 16.5. The molecule has 152 valence electrons. The minimum atomic E-state index is -0.236. The van der Waals surface area contributed by atoms with E-state index in [0.717, 1.165) is 19.6 Å². The summed E-state index contributed by atoms with van der Waals surface area (Å²) in [6.07, 6.45) is 3.78. The molecule has 0 aliphatic carbocycles. The SMILES string of the molecule is COc1cc(NC(=O)NC(CN2CCCCC2)C(C)C)cc(OC)c1OC. The van der Waals surface area contributed by atoms with E-state index in [1.807, 2.05) is 0 Å². The van der Waals surface area contributed by atoms with Crippen LogP contribution in [0.15, 0.2) is 12.1 Å². The van der Waals surface area contributed by atoms with E-state index in [2.05, 4.69) is 29.4 Å². The summed E-state index contributed by atoms with van der Waals surface area (Å²) in [5.41, 5.74) is 0.586. The fraction of sp³-hybridized carbons (Fsp3) is 0.650. The van der Waals surface area contributed by atoms with Crippen LogP contribution in [0.4, 0.5) is 10.5 Å². The van der Waals surface area contributed by atoms with Crippen LogP contribution in [0.2, 0.25) is 0 Å². The maximum atomic E-state index is 12.6. The molecule has 1 fully saturated rings. The number of benzene rings is 1. The second-order valence-electron chi connectivity index (χ2n) is 7.22. The number of methoxy groups -OCH3 is 3. The molecule has 2 amide bonds. The third-order valence-electron chi connectivity index (χ3n) is 4.95. The molecule has 1 aromatic rings. The smallest absolute Gasteiger partial charge is 0.319 e. The summed E-state index contributed by atoms with van der Waals surface area (Å²) in [6, 6.07) is 3.29. The summed E-state index contributed by atoms with van der Waals surface area (Å²) in [5, 5.41) is 5.99. The van der Waals surface area contributed by atoms with E-state index in [9.17, 15) is 4.79 Å². The zero-order valence-electron chi connectivity index (χ0n) is 17.1. The van der Waals surface area contributed by atoms with Crippen molar-refractivity contribution in [2.45, 2.75) is 39.2 Å². The van der Waals surface area contributed by atoms with E-state index in [1.165, 1.54) is 19.3 Å². The highest BCUT2D eigenvalue weighted by molar-refractivity contribution is 5.90. The quantitative estimate of drug-likeness (QED) is 0.725. The third-order valence-corrected chi connectivity index (χ3v) is 4.95. The number of carbonyl (C=O) groups is 1. The van der Waals surface area contributed by atoms with Crippen LogP contribution in [0, 0.1) is 5.92 Å². The highest BCUT2D eigenvalue weighted by Crippen LogP contribution is 2.39. The molecule has 1 aliphatic rings. The second kappa shape index (κ2) is 10.3. The van der Waals surface area contributed by atoms with Gasteiger partial charge in [-0.25, -0.2) is 4.79 Å². The normalized spacial score (nSPS) is 15.9. The number of hydrogen-bond donors (Lipinski definition) is 2. The minimum Gasteiger partial charge on any atom is -0.493 e. The van der Waals surface area contributed by atoms with Gasteiger partial charge in [-0.2, -0.15) is 0 Å². The molecule has 0 radical (unpaired) electrons. The monoisotopic (exact) mass is 379 g/mol. The average molecular weight is 380 g/mol. The summed E-state index contributed by atoms with van der Waals surface area (Å²) in [6.45, 7) is 7.36. The molecule has 7 heteroatoms. The first-order valence-corrected chi connectivity index (χ1v) is 9.58. The molecular formula is C20H33N3O4. The molecule has 0 aromatic heterocycles. The lowest BCUT2D eigenvalue weighted by atomic mass is 10.0. The van der Waals surface area contributed by atoms with E-state index in [4.69, 9.17) is 14.2 Å². The van der Waals surface area contributed by atoms with Crippen molar-refractivity contribution in [1.29, 1.82) is 0 Å². The standard InChI is InChI=1S/C20H33N3O4/c1-14(2)16(13-23-9-7-6-8-10-23)22-20(24)21-15-11-17(25-3)19(27-5)18(12-15)26-4/h11-12,14,16H,6-10,13H2,1-5H3,(H2,21,22,24). The molecule has 0 saturated carbocycles. The van der Waals surface area contributed by atoms with Gasteiger partial charge < -0.3 is 29.7 Å². The van der Waals surface area contributed by atoms with Gasteiger partial charge in [0.25, 0.3) is 0 Å². The lowest BCUT2D eigenvalue weighted by molar-refractivity contribution is 0.187. The van der Waals surface area contributed by atoms with Crippen LogP contribution in [0.3, 0.4) is 0 Å². The molecule has 2 N–H and O–H groups in total. The third kappa shape index (κ3) is 5.92. The van der Waals surface area contributed by atoms with Gasteiger partial charge in [0.15, 0.2) is 11.5 Å². The van der Waals surface area contributed by atoms with Gasteiger partial charge in [-0.1, -0.05) is 20.3 Å². The van der Waals surface area contributed by atoms with Gasteiger partial charge in [0, 0.05) is 24.7 Å². The lowest BCUT2D eigenvalue weighted by Crippen LogP contribution is -2.49. The van der Waals surface area contributed by atoms with Crippen molar-refractivity contribution in [2.24, 2.45) is 5.92 Å². The van der Waals surface area contributed by atoms with E-state index >= 15 is 0 Å². The number of anilines is 1. The predicted molar refractivity (Wildman–Crippen MR) is 107 cm³/mol. The summed E-state index contributed by atoms with van der Waals surface area (Å²) >= 11 is 0. The Morgan fingerprint density at radius 2 is 1.63 bits per heavy atom. The number of likely N-dealkylation sites (tertiary alicyclic amines) is 1. The van der Waals surface area contributed by atoms with E-state index in [-0.39, 0.29) is 12.1 Å². The molecule has 27 heavy (non-hydrogen) atoms. The number of carbonyl (C=O) groups excluding carboxylic acids is 1. The Hall–Kier alpha value is -2.15. The molecule has 0 spiro atoms.